The lowest BCUT2D eigenvalue weighted by Gasteiger charge is -2.71. The van der Waals surface area contributed by atoms with Gasteiger partial charge >= 0.3 is 11.9 Å². The molecular weight excluding hydrogens is 728 g/mol. The SMILES string of the molecule is C[C@H]1[C@H](C)CC[C@]2(C(=O)O)CC[C@]3(C)C(=CC[C@@H]4[C@@]5(C)CC[C@H](O[C@@H]6O[C@H](C(=O)O)[C@@H](O)[C@H](O)[C@H]6O[C@@H]6O[C@H](CO)[C@H](O)[C@H](O)[C@@H]6O)C(C)(C)[C@@H]5CC[C@]43C)[C@H]12. The van der Waals surface area contributed by atoms with Crippen LogP contribution in [0.3, 0.4) is 0 Å². The number of allylic oxidation sites excluding steroid dienone is 2. The fourth-order valence-electron chi connectivity index (χ4n) is 13.9. The quantitative estimate of drug-likeness (QED) is 0.137. The van der Waals surface area contributed by atoms with E-state index in [1.165, 1.54) is 5.57 Å². The first-order chi connectivity index (χ1) is 26.1. The van der Waals surface area contributed by atoms with Crippen LogP contribution in [0.1, 0.15) is 106 Å². The van der Waals surface area contributed by atoms with Crippen LogP contribution in [-0.4, -0.2) is 127 Å². The fraction of sp³-hybridized carbons (Fsp3) is 0.905. The number of carboxylic acids is 2. The second-order valence-electron chi connectivity index (χ2n) is 20.1. The van der Waals surface area contributed by atoms with Crippen molar-refractivity contribution in [3.05, 3.63) is 11.6 Å². The first kappa shape index (κ1) is 42.4. The number of fused-ring (bicyclic) bond motifs is 7. The fourth-order valence-corrected chi connectivity index (χ4v) is 13.9. The van der Waals surface area contributed by atoms with Gasteiger partial charge in [-0.25, -0.2) is 4.79 Å². The van der Waals surface area contributed by atoms with Crippen LogP contribution in [0, 0.1) is 56.7 Å². The number of carbonyl (C=O) groups is 2. The summed E-state index contributed by atoms with van der Waals surface area (Å²) in [7, 11) is 0. The summed E-state index contributed by atoms with van der Waals surface area (Å²) in [5.74, 6) is -0.929. The van der Waals surface area contributed by atoms with E-state index in [4.69, 9.17) is 18.9 Å². The molecule has 0 amide bonds. The van der Waals surface area contributed by atoms with Gasteiger partial charge in [0.25, 0.3) is 0 Å². The van der Waals surface area contributed by atoms with Crippen molar-refractivity contribution >= 4 is 11.9 Å². The predicted molar refractivity (Wildman–Crippen MR) is 198 cm³/mol. The van der Waals surface area contributed by atoms with E-state index in [1.807, 2.05) is 0 Å². The summed E-state index contributed by atoms with van der Waals surface area (Å²) >= 11 is 0. The molecule has 0 bridgehead atoms. The van der Waals surface area contributed by atoms with Crippen LogP contribution < -0.4 is 0 Å². The molecule has 2 aliphatic heterocycles. The van der Waals surface area contributed by atoms with Crippen molar-refractivity contribution in [2.45, 2.75) is 174 Å². The first-order valence-electron chi connectivity index (χ1n) is 20.9. The van der Waals surface area contributed by atoms with Crippen LogP contribution in [0.25, 0.3) is 0 Å². The van der Waals surface area contributed by atoms with Crippen LogP contribution in [0.15, 0.2) is 11.6 Å². The largest absolute Gasteiger partial charge is 0.481 e. The molecule has 7 rings (SSSR count). The average Bonchev–Trinajstić information content (AvgIpc) is 3.13. The molecule has 0 radical (unpaired) electrons. The Balaban J connectivity index is 1.16. The molecule has 4 saturated carbocycles. The Labute approximate surface area is 329 Å². The molecule has 0 unspecified atom stereocenters. The summed E-state index contributed by atoms with van der Waals surface area (Å²) in [6.07, 6.45) is -7.82. The lowest BCUT2D eigenvalue weighted by molar-refractivity contribution is -0.374. The minimum Gasteiger partial charge on any atom is -0.481 e. The van der Waals surface area contributed by atoms with Crippen LogP contribution in [0.2, 0.25) is 0 Å². The van der Waals surface area contributed by atoms with E-state index < -0.39 is 96.9 Å². The molecule has 8 N–H and O–H groups in total. The molecule has 0 aromatic carbocycles. The molecule has 14 heteroatoms. The highest BCUT2D eigenvalue weighted by atomic mass is 16.8. The number of aliphatic carboxylic acids is 2. The highest BCUT2D eigenvalue weighted by Crippen LogP contribution is 2.76. The molecule has 0 aromatic rings. The van der Waals surface area contributed by atoms with Crippen LogP contribution >= 0.6 is 0 Å². The second-order valence-corrected chi connectivity index (χ2v) is 20.1. The molecule has 7 aliphatic rings. The zero-order valence-electron chi connectivity index (χ0n) is 33.9. The molecule has 14 nitrogen and oxygen atoms in total. The van der Waals surface area contributed by atoms with Crippen molar-refractivity contribution in [1.82, 2.24) is 0 Å². The Kier molecular flexibility index (Phi) is 11.0. The third-order valence-electron chi connectivity index (χ3n) is 17.6. The Morgan fingerprint density at radius 2 is 1.46 bits per heavy atom. The lowest BCUT2D eigenvalue weighted by atomic mass is 9.33. The van der Waals surface area contributed by atoms with Crippen molar-refractivity contribution in [1.29, 1.82) is 0 Å². The van der Waals surface area contributed by atoms with Crippen LogP contribution in [0.5, 0.6) is 0 Å². The number of rotatable bonds is 7. The van der Waals surface area contributed by atoms with Gasteiger partial charge in [0.15, 0.2) is 18.7 Å². The van der Waals surface area contributed by atoms with Gasteiger partial charge in [-0.3, -0.25) is 4.79 Å². The average molecular weight is 795 g/mol. The molecule has 0 spiro atoms. The van der Waals surface area contributed by atoms with Gasteiger partial charge in [-0.05, 0) is 109 Å². The summed E-state index contributed by atoms with van der Waals surface area (Å²) in [5, 5.41) is 83.9. The minimum atomic E-state index is -1.94. The van der Waals surface area contributed by atoms with Crippen molar-refractivity contribution in [3.63, 3.8) is 0 Å². The monoisotopic (exact) mass is 794 g/mol. The number of hydrogen-bond donors (Lipinski definition) is 8. The summed E-state index contributed by atoms with van der Waals surface area (Å²) in [4.78, 5) is 25.3. The predicted octanol–water partition coefficient (Wildman–Crippen LogP) is 2.83. The zero-order valence-corrected chi connectivity index (χ0v) is 33.9. The van der Waals surface area contributed by atoms with E-state index >= 15 is 0 Å². The topological polar surface area (TPSA) is 233 Å². The maximum atomic E-state index is 13.1. The maximum absolute atomic E-state index is 13.1. The molecule has 6 fully saturated rings. The molecule has 2 heterocycles. The Morgan fingerprint density at radius 1 is 0.768 bits per heavy atom. The molecule has 2 saturated heterocycles. The molecule has 20 atom stereocenters. The van der Waals surface area contributed by atoms with Gasteiger partial charge in [-0.1, -0.05) is 60.1 Å². The molecule has 5 aliphatic carbocycles. The van der Waals surface area contributed by atoms with E-state index in [-0.39, 0.29) is 34.0 Å². The molecule has 318 valence electrons. The van der Waals surface area contributed by atoms with E-state index in [2.05, 4.69) is 54.5 Å². The standard InChI is InChI=1S/C42H66O14/c1-19-10-15-42(37(51)52)17-16-40(6)21(26(42)20(19)2)8-9-24-39(5)13-12-25(38(3,4)23(39)11-14-41(24,40)7)54-36-33(30(47)29(46)32(55-36)34(49)50)56-35-31(48)28(45)27(44)22(18-43)53-35/h8,19-20,22-33,35-36,43-48H,9-18H2,1-7H3,(H,49,50)(H,51,52)/t19-,20+,22-,23+,24-,25+,26+,27+,28+,29+,30+,31+,32+,33-,35+,36-,39+,40-,41-,42+/m1/s1. The van der Waals surface area contributed by atoms with Gasteiger partial charge in [0.2, 0.25) is 0 Å². The van der Waals surface area contributed by atoms with Crippen molar-refractivity contribution in [2.24, 2.45) is 56.7 Å². The number of aliphatic hydroxyl groups is 6. The Morgan fingerprint density at radius 3 is 2.11 bits per heavy atom. The van der Waals surface area contributed by atoms with Gasteiger partial charge in [0, 0.05) is 0 Å². The van der Waals surface area contributed by atoms with Gasteiger partial charge in [-0.15, -0.1) is 0 Å². The molecule has 0 aromatic heterocycles. The third kappa shape index (κ3) is 6.01. The van der Waals surface area contributed by atoms with E-state index in [0.29, 0.717) is 24.7 Å². The highest BCUT2D eigenvalue weighted by molar-refractivity contribution is 5.77. The van der Waals surface area contributed by atoms with E-state index in [9.17, 15) is 50.4 Å². The van der Waals surface area contributed by atoms with Gasteiger partial charge in [0.05, 0.1) is 18.1 Å². The maximum Gasteiger partial charge on any atom is 0.335 e. The zero-order chi connectivity index (χ0) is 41.1. The number of hydrogen-bond acceptors (Lipinski definition) is 12. The van der Waals surface area contributed by atoms with Crippen LogP contribution in [-0.2, 0) is 28.5 Å². The second kappa shape index (κ2) is 14.5. The lowest BCUT2D eigenvalue weighted by Crippen LogP contribution is -2.67. The van der Waals surface area contributed by atoms with E-state index in [1.54, 1.807) is 0 Å². The van der Waals surface area contributed by atoms with Crippen molar-refractivity contribution in [3.8, 4) is 0 Å². The summed E-state index contributed by atoms with van der Waals surface area (Å²) in [6.45, 7) is 15.4. The molecule has 56 heavy (non-hydrogen) atoms. The minimum absolute atomic E-state index is 0.0171. The first-order valence-corrected chi connectivity index (χ1v) is 20.9. The Hall–Kier alpha value is -1.72. The smallest absolute Gasteiger partial charge is 0.335 e. The number of ether oxygens (including phenoxy) is 4. The summed E-state index contributed by atoms with van der Waals surface area (Å²) in [5.41, 5.74) is -0.168. The summed E-state index contributed by atoms with van der Waals surface area (Å²) < 4.78 is 24.0. The van der Waals surface area contributed by atoms with Crippen LogP contribution in [0.4, 0.5) is 0 Å². The number of aliphatic hydroxyl groups excluding tert-OH is 6. The van der Waals surface area contributed by atoms with Gasteiger partial charge in [-0.2, -0.15) is 0 Å². The van der Waals surface area contributed by atoms with Crippen molar-refractivity contribution < 1.29 is 69.4 Å². The Bertz CT molecular complexity index is 1550. The molecular formula is C42H66O14. The third-order valence-corrected chi connectivity index (χ3v) is 17.6. The van der Waals surface area contributed by atoms with Gasteiger partial charge in [0.1, 0.15) is 42.7 Å². The van der Waals surface area contributed by atoms with Crippen molar-refractivity contribution in [2.75, 3.05) is 6.61 Å². The van der Waals surface area contributed by atoms with E-state index in [0.717, 1.165) is 44.9 Å². The highest BCUT2D eigenvalue weighted by Gasteiger charge is 2.70. The number of carboxylic acid groups (broad SMARTS) is 2. The summed E-state index contributed by atoms with van der Waals surface area (Å²) in [6, 6.07) is 0. The normalized spacial score (nSPS) is 54.1. The van der Waals surface area contributed by atoms with Gasteiger partial charge < -0.3 is 59.8 Å².